The van der Waals surface area contributed by atoms with Gasteiger partial charge in [0.2, 0.25) is 0 Å². The number of aryl methyl sites for hydroxylation is 1. The fraction of sp³-hybridized carbons (Fsp3) is 0.700. The first-order chi connectivity index (χ1) is 11.1. The molecule has 3 atom stereocenters. The van der Waals surface area contributed by atoms with E-state index in [4.69, 9.17) is 4.74 Å². The van der Waals surface area contributed by atoms with E-state index >= 15 is 0 Å². The largest absolute Gasteiger partial charge is 0.491 e. The van der Waals surface area contributed by atoms with Crippen molar-refractivity contribution in [2.24, 2.45) is 5.92 Å². The monoisotopic (exact) mass is 319 g/mol. The first-order valence-electron chi connectivity index (χ1n) is 9.22. The molecule has 1 aromatic rings. The van der Waals surface area contributed by atoms with Crippen molar-refractivity contribution in [1.82, 2.24) is 5.32 Å². The summed E-state index contributed by atoms with van der Waals surface area (Å²) < 4.78 is 5.89. The average Bonchev–Trinajstić information content (AvgIpc) is 2.53. The third-order valence-corrected chi connectivity index (χ3v) is 4.78. The summed E-state index contributed by atoms with van der Waals surface area (Å²) in [6.45, 7) is 7.31. The van der Waals surface area contributed by atoms with E-state index in [9.17, 15) is 5.11 Å². The zero-order chi connectivity index (χ0) is 16.7. The van der Waals surface area contributed by atoms with E-state index in [0.29, 0.717) is 12.0 Å². The Bertz CT molecular complexity index is 461. The SMILES string of the molecule is CC(CCc1ccccc1OC(C)C)NCC1CCCCC1O. The van der Waals surface area contributed by atoms with E-state index in [1.54, 1.807) is 0 Å². The van der Waals surface area contributed by atoms with E-state index in [0.717, 1.165) is 38.0 Å². The summed E-state index contributed by atoms with van der Waals surface area (Å²) in [5.41, 5.74) is 1.28. The van der Waals surface area contributed by atoms with Gasteiger partial charge in [-0.25, -0.2) is 0 Å². The fourth-order valence-electron chi connectivity index (χ4n) is 3.33. The molecule has 0 amide bonds. The molecule has 3 unspecified atom stereocenters. The molecule has 3 heteroatoms. The zero-order valence-electron chi connectivity index (χ0n) is 14.9. The molecule has 0 aliphatic heterocycles. The van der Waals surface area contributed by atoms with Gasteiger partial charge >= 0.3 is 0 Å². The van der Waals surface area contributed by atoms with Crippen molar-refractivity contribution in [3.05, 3.63) is 29.8 Å². The lowest BCUT2D eigenvalue weighted by Gasteiger charge is -2.29. The Morgan fingerprint density at radius 2 is 1.91 bits per heavy atom. The maximum absolute atomic E-state index is 10.1. The molecule has 2 N–H and O–H groups in total. The van der Waals surface area contributed by atoms with Gasteiger partial charge in [0.15, 0.2) is 0 Å². The minimum atomic E-state index is -0.108. The molecule has 0 spiro atoms. The van der Waals surface area contributed by atoms with E-state index in [1.165, 1.54) is 18.4 Å². The van der Waals surface area contributed by atoms with Gasteiger partial charge in [-0.3, -0.25) is 0 Å². The quantitative estimate of drug-likeness (QED) is 0.762. The summed E-state index contributed by atoms with van der Waals surface area (Å²) in [6.07, 6.45) is 6.78. The van der Waals surface area contributed by atoms with Crippen LogP contribution in [0.2, 0.25) is 0 Å². The summed E-state index contributed by atoms with van der Waals surface area (Å²) >= 11 is 0. The second-order valence-electron chi connectivity index (χ2n) is 7.23. The highest BCUT2D eigenvalue weighted by Gasteiger charge is 2.23. The van der Waals surface area contributed by atoms with Crippen LogP contribution in [0.1, 0.15) is 58.4 Å². The van der Waals surface area contributed by atoms with Crippen molar-refractivity contribution in [1.29, 1.82) is 0 Å². The molecule has 3 nitrogen and oxygen atoms in total. The van der Waals surface area contributed by atoms with Crippen molar-refractivity contribution in [2.75, 3.05) is 6.54 Å². The van der Waals surface area contributed by atoms with E-state index in [1.807, 2.05) is 6.07 Å². The summed E-state index contributed by atoms with van der Waals surface area (Å²) in [4.78, 5) is 0. The topological polar surface area (TPSA) is 41.5 Å². The van der Waals surface area contributed by atoms with Crippen molar-refractivity contribution in [3.63, 3.8) is 0 Å². The van der Waals surface area contributed by atoms with Gasteiger partial charge in [-0.2, -0.15) is 0 Å². The second-order valence-corrected chi connectivity index (χ2v) is 7.23. The van der Waals surface area contributed by atoms with E-state index < -0.39 is 0 Å². The van der Waals surface area contributed by atoms with Crippen LogP contribution in [0.25, 0.3) is 0 Å². The lowest BCUT2D eigenvalue weighted by molar-refractivity contribution is 0.0683. The lowest BCUT2D eigenvalue weighted by Crippen LogP contribution is -2.37. The van der Waals surface area contributed by atoms with Crippen molar-refractivity contribution in [3.8, 4) is 5.75 Å². The molecule has 0 saturated heterocycles. The van der Waals surface area contributed by atoms with E-state index in [2.05, 4.69) is 44.3 Å². The highest BCUT2D eigenvalue weighted by molar-refractivity contribution is 5.33. The van der Waals surface area contributed by atoms with Gasteiger partial charge in [-0.1, -0.05) is 31.0 Å². The van der Waals surface area contributed by atoms with Crippen molar-refractivity contribution < 1.29 is 9.84 Å². The van der Waals surface area contributed by atoms with Crippen molar-refractivity contribution in [2.45, 2.75) is 77.5 Å². The van der Waals surface area contributed by atoms with Crippen LogP contribution in [0.5, 0.6) is 5.75 Å². The van der Waals surface area contributed by atoms with Gasteiger partial charge in [-0.05, 0) is 64.0 Å². The normalized spacial score (nSPS) is 23.0. The Labute approximate surface area is 141 Å². The molecule has 1 aromatic carbocycles. The summed E-state index contributed by atoms with van der Waals surface area (Å²) in [6, 6.07) is 8.80. The number of aliphatic hydroxyl groups excluding tert-OH is 1. The van der Waals surface area contributed by atoms with Gasteiger partial charge in [0, 0.05) is 12.6 Å². The molecule has 0 bridgehead atoms. The Kier molecular flexibility index (Phi) is 7.38. The standard InChI is InChI=1S/C20H33NO2/c1-15(2)23-20-11-7-5-8-17(20)13-12-16(3)21-14-18-9-4-6-10-19(18)22/h5,7-8,11,15-16,18-19,21-22H,4,6,9-10,12-14H2,1-3H3. The maximum atomic E-state index is 10.1. The average molecular weight is 319 g/mol. The van der Waals surface area contributed by atoms with Crippen LogP contribution in [-0.4, -0.2) is 29.9 Å². The van der Waals surface area contributed by atoms with Crippen LogP contribution >= 0.6 is 0 Å². The molecule has 130 valence electrons. The maximum Gasteiger partial charge on any atom is 0.122 e. The number of nitrogens with one attached hydrogen (secondary N) is 1. The molecule has 1 aliphatic carbocycles. The Hall–Kier alpha value is -1.06. The van der Waals surface area contributed by atoms with Gasteiger partial charge in [-0.15, -0.1) is 0 Å². The molecule has 0 heterocycles. The molecule has 23 heavy (non-hydrogen) atoms. The summed E-state index contributed by atoms with van der Waals surface area (Å²) in [5, 5.41) is 13.7. The molecule has 0 radical (unpaired) electrons. The third kappa shape index (κ3) is 6.15. The molecule has 2 rings (SSSR count). The number of hydrogen-bond acceptors (Lipinski definition) is 3. The summed E-state index contributed by atoms with van der Waals surface area (Å²) in [5.74, 6) is 1.44. The number of benzene rings is 1. The van der Waals surface area contributed by atoms with Crippen LogP contribution < -0.4 is 10.1 Å². The van der Waals surface area contributed by atoms with Crippen LogP contribution in [-0.2, 0) is 6.42 Å². The molecule has 1 saturated carbocycles. The predicted octanol–water partition coefficient (Wildman–Crippen LogP) is 3.94. The number of aliphatic hydroxyl groups is 1. The lowest BCUT2D eigenvalue weighted by atomic mass is 9.86. The Morgan fingerprint density at radius 3 is 2.65 bits per heavy atom. The number of ether oxygens (including phenoxy) is 1. The molecule has 0 aromatic heterocycles. The van der Waals surface area contributed by atoms with Crippen LogP contribution in [0.15, 0.2) is 24.3 Å². The molecular weight excluding hydrogens is 286 g/mol. The fourth-order valence-corrected chi connectivity index (χ4v) is 3.33. The van der Waals surface area contributed by atoms with Gasteiger partial charge in [0.25, 0.3) is 0 Å². The molecular formula is C20H33NO2. The van der Waals surface area contributed by atoms with Gasteiger partial charge < -0.3 is 15.2 Å². The number of hydrogen-bond donors (Lipinski definition) is 2. The van der Waals surface area contributed by atoms with Crippen LogP contribution in [0.3, 0.4) is 0 Å². The third-order valence-electron chi connectivity index (χ3n) is 4.78. The van der Waals surface area contributed by atoms with Crippen molar-refractivity contribution >= 4 is 0 Å². The number of rotatable bonds is 8. The molecule has 1 aliphatic rings. The van der Waals surface area contributed by atoms with Crippen LogP contribution in [0, 0.1) is 5.92 Å². The smallest absolute Gasteiger partial charge is 0.122 e. The highest BCUT2D eigenvalue weighted by atomic mass is 16.5. The first kappa shape index (κ1) is 18.3. The van der Waals surface area contributed by atoms with Crippen LogP contribution in [0.4, 0.5) is 0 Å². The Balaban J connectivity index is 1.77. The van der Waals surface area contributed by atoms with Gasteiger partial charge in [0.1, 0.15) is 5.75 Å². The zero-order valence-corrected chi connectivity index (χ0v) is 14.9. The number of para-hydroxylation sites is 1. The molecule has 1 fully saturated rings. The van der Waals surface area contributed by atoms with Gasteiger partial charge in [0.05, 0.1) is 12.2 Å². The minimum absolute atomic E-state index is 0.108. The first-order valence-corrected chi connectivity index (χ1v) is 9.22. The minimum Gasteiger partial charge on any atom is -0.491 e. The second kappa shape index (κ2) is 9.29. The predicted molar refractivity (Wildman–Crippen MR) is 96.0 cm³/mol. The van der Waals surface area contributed by atoms with E-state index in [-0.39, 0.29) is 12.2 Å². The Morgan fingerprint density at radius 1 is 1.17 bits per heavy atom. The summed E-state index contributed by atoms with van der Waals surface area (Å²) in [7, 11) is 0. The highest BCUT2D eigenvalue weighted by Crippen LogP contribution is 2.24.